The molecule has 118 valence electrons. The molecule has 0 atom stereocenters. The van der Waals surface area contributed by atoms with Crippen molar-refractivity contribution in [1.82, 2.24) is 10.2 Å². The molecule has 0 unspecified atom stereocenters. The Balaban J connectivity index is 1.75. The molecule has 21 heavy (non-hydrogen) atoms. The van der Waals surface area contributed by atoms with Gasteiger partial charge < -0.3 is 15.0 Å². The lowest BCUT2D eigenvalue weighted by Gasteiger charge is -2.38. The van der Waals surface area contributed by atoms with Crippen molar-refractivity contribution in [1.29, 1.82) is 0 Å². The van der Waals surface area contributed by atoms with E-state index in [0.717, 1.165) is 18.8 Å². The number of benzene rings is 1. The van der Waals surface area contributed by atoms with E-state index in [4.69, 9.17) is 4.74 Å². The van der Waals surface area contributed by atoms with Gasteiger partial charge in [0.05, 0.1) is 6.10 Å². The number of likely N-dealkylation sites (tertiary alicyclic amines) is 1. The summed E-state index contributed by atoms with van der Waals surface area (Å²) in [7, 11) is 2.22. The Morgan fingerprint density at radius 2 is 1.81 bits per heavy atom. The molecule has 1 aliphatic rings. The van der Waals surface area contributed by atoms with Crippen LogP contribution in [0.4, 0.5) is 0 Å². The molecule has 1 aromatic carbocycles. The number of hydrogen-bond acceptors (Lipinski definition) is 3. The first-order valence-electron chi connectivity index (χ1n) is 8.12. The van der Waals surface area contributed by atoms with E-state index < -0.39 is 0 Å². The van der Waals surface area contributed by atoms with Crippen molar-refractivity contribution in [3.63, 3.8) is 0 Å². The highest BCUT2D eigenvalue weighted by molar-refractivity contribution is 5.27. The Bertz CT molecular complexity index is 419. The minimum Gasteiger partial charge on any atom is -0.491 e. The fourth-order valence-corrected chi connectivity index (χ4v) is 2.80. The number of piperidine rings is 1. The fraction of sp³-hybridized carbons (Fsp3) is 0.667. The van der Waals surface area contributed by atoms with Crippen molar-refractivity contribution in [2.45, 2.75) is 46.3 Å². The van der Waals surface area contributed by atoms with Crippen LogP contribution in [0.25, 0.3) is 0 Å². The average molecular weight is 290 g/mol. The van der Waals surface area contributed by atoms with Crippen LogP contribution in [0.3, 0.4) is 0 Å². The van der Waals surface area contributed by atoms with Crippen LogP contribution in [0.5, 0.6) is 5.75 Å². The van der Waals surface area contributed by atoms with Crippen LogP contribution in [0.1, 0.15) is 39.2 Å². The summed E-state index contributed by atoms with van der Waals surface area (Å²) in [6.07, 6.45) is 2.81. The SMILES string of the molecule is CC(C)Oc1ccc(CNCC2(C)CCN(C)CC2)cc1. The number of ether oxygens (including phenoxy) is 1. The van der Waals surface area contributed by atoms with Crippen molar-refractivity contribution in [2.75, 3.05) is 26.7 Å². The van der Waals surface area contributed by atoms with Crippen LogP contribution in [-0.4, -0.2) is 37.7 Å². The largest absolute Gasteiger partial charge is 0.491 e. The second kappa shape index (κ2) is 7.28. The summed E-state index contributed by atoms with van der Waals surface area (Å²) in [5, 5.41) is 3.63. The van der Waals surface area contributed by atoms with Crippen LogP contribution in [0.2, 0.25) is 0 Å². The van der Waals surface area contributed by atoms with E-state index in [1.807, 2.05) is 0 Å². The van der Waals surface area contributed by atoms with E-state index in [-0.39, 0.29) is 6.10 Å². The molecule has 0 radical (unpaired) electrons. The minimum atomic E-state index is 0.235. The molecule has 3 heteroatoms. The molecule has 3 nitrogen and oxygen atoms in total. The van der Waals surface area contributed by atoms with E-state index in [1.54, 1.807) is 0 Å². The molecule has 1 aromatic rings. The lowest BCUT2D eigenvalue weighted by atomic mass is 9.80. The molecule has 0 aliphatic carbocycles. The molecule has 1 saturated heterocycles. The third-order valence-electron chi connectivity index (χ3n) is 4.37. The third-order valence-corrected chi connectivity index (χ3v) is 4.37. The molecule has 0 aromatic heterocycles. The molecule has 1 aliphatic heterocycles. The average Bonchev–Trinajstić information content (AvgIpc) is 2.44. The Morgan fingerprint density at radius 1 is 1.19 bits per heavy atom. The van der Waals surface area contributed by atoms with Crippen LogP contribution < -0.4 is 10.1 Å². The maximum Gasteiger partial charge on any atom is 0.119 e. The monoisotopic (exact) mass is 290 g/mol. The smallest absolute Gasteiger partial charge is 0.119 e. The van der Waals surface area contributed by atoms with E-state index in [1.165, 1.54) is 31.5 Å². The van der Waals surface area contributed by atoms with Crippen molar-refractivity contribution in [2.24, 2.45) is 5.41 Å². The molecule has 0 spiro atoms. The predicted octanol–water partition coefficient (Wildman–Crippen LogP) is 3.30. The van der Waals surface area contributed by atoms with Gasteiger partial charge >= 0.3 is 0 Å². The second-order valence-corrected chi connectivity index (χ2v) is 7.03. The highest BCUT2D eigenvalue weighted by Crippen LogP contribution is 2.29. The van der Waals surface area contributed by atoms with Crippen molar-refractivity contribution in [3.05, 3.63) is 29.8 Å². The molecule has 0 amide bonds. The molecule has 0 bridgehead atoms. The van der Waals surface area contributed by atoms with Gasteiger partial charge in [-0.3, -0.25) is 0 Å². The summed E-state index contributed by atoms with van der Waals surface area (Å²) >= 11 is 0. The predicted molar refractivity (Wildman–Crippen MR) is 88.8 cm³/mol. The van der Waals surface area contributed by atoms with Gasteiger partial charge in [0.15, 0.2) is 0 Å². The molecular formula is C18H30N2O. The zero-order valence-electron chi connectivity index (χ0n) is 14.0. The summed E-state index contributed by atoms with van der Waals surface area (Å²) < 4.78 is 5.67. The molecule has 1 heterocycles. The zero-order valence-corrected chi connectivity index (χ0v) is 14.0. The van der Waals surface area contributed by atoms with Gasteiger partial charge in [-0.15, -0.1) is 0 Å². The number of nitrogens with one attached hydrogen (secondary N) is 1. The van der Waals surface area contributed by atoms with Crippen molar-refractivity contribution >= 4 is 0 Å². The molecular weight excluding hydrogens is 260 g/mol. The normalized spacial score (nSPS) is 18.9. The first kappa shape index (κ1) is 16.3. The standard InChI is InChI=1S/C18H30N2O/c1-15(2)21-17-7-5-16(6-8-17)13-19-14-18(3)9-11-20(4)12-10-18/h5-8,15,19H,9-14H2,1-4H3. The molecule has 0 saturated carbocycles. The van der Waals surface area contributed by atoms with Gasteiger partial charge in [0.2, 0.25) is 0 Å². The molecule has 1 N–H and O–H groups in total. The topological polar surface area (TPSA) is 24.5 Å². The van der Waals surface area contributed by atoms with Gasteiger partial charge in [-0.05, 0) is 69.9 Å². The van der Waals surface area contributed by atoms with Gasteiger partial charge in [0.1, 0.15) is 5.75 Å². The molecule has 1 fully saturated rings. The maximum atomic E-state index is 5.67. The summed E-state index contributed by atoms with van der Waals surface area (Å²) in [6.45, 7) is 11.0. The van der Waals surface area contributed by atoms with Gasteiger partial charge in [0, 0.05) is 13.1 Å². The van der Waals surface area contributed by atoms with Crippen LogP contribution in [-0.2, 0) is 6.54 Å². The zero-order chi connectivity index (χ0) is 15.3. The van der Waals surface area contributed by atoms with Crippen molar-refractivity contribution < 1.29 is 4.74 Å². The van der Waals surface area contributed by atoms with E-state index >= 15 is 0 Å². The maximum absolute atomic E-state index is 5.67. The Kier molecular flexibility index (Phi) is 5.65. The van der Waals surface area contributed by atoms with Gasteiger partial charge in [-0.1, -0.05) is 19.1 Å². The highest BCUT2D eigenvalue weighted by atomic mass is 16.5. The fourth-order valence-electron chi connectivity index (χ4n) is 2.80. The summed E-state index contributed by atoms with van der Waals surface area (Å²) in [4.78, 5) is 2.43. The first-order valence-corrected chi connectivity index (χ1v) is 8.12. The number of hydrogen-bond donors (Lipinski definition) is 1. The number of nitrogens with zero attached hydrogens (tertiary/aromatic N) is 1. The third kappa shape index (κ3) is 5.33. The van der Waals surface area contributed by atoms with E-state index in [9.17, 15) is 0 Å². The number of rotatable bonds is 6. The Morgan fingerprint density at radius 3 is 2.38 bits per heavy atom. The van der Waals surface area contributed by atoms with Gasteiger partial charge in [-0.2, -0.15) is 0 Å². The van der Waals surface area contributed by atoms with Crippen LogP contribution in [0.15, 0.2) is 24.3 Å². The lowest BCUT2D eigenvalue weighted by Crippen LogP contribution is -2.41. The first-order chi connectivity index (χ1) is 9.97. The summed E-state index contributed by atoms with van der Waals surface area (Å²) in [6, 6.07) is 8.44. The van der Waals surface area contributed by atoms with E-state index in [2.05, 4.69) is 62.3 Å². The van der Waals surface area contributed by atoms with Gasteiger partial charge in [0.25, 0.3) is 0 Å². The Hall–Kier alpha value is -1.06. The van der Waals surface area contributed by atoms with E-state index in [0.29, 0.717) is 5.41 Å². The van der Waals surface area contributed by atoms with Gasteiger partial charge in [-0.25, -0.2) is 0 Å². The summed E-state index contributed by atoms with van der Waals surface area (Å²) in [5.41, 5.74) is 1.77. The second-order valence-electron chi connectivity index (χ2n) is 7.03. The quantitative estimate of drug-likeness (QED) is 0.870. The van der Waals surface area contributed by atoms with Crippen LogP contribution >= 0.6 is 0 Å². The van der Waals surface area contributed by atoms with Crippen molar-refractivity contribution in [3.8, 4) is 5.75 Å². The minimum absolute atomic E-state index is 0.235. The molecule has 2 rings (SSSR count). The highest BCUT2D eigenvalue weighted by Gasteiger charge is 2.28. The summed E-state index contributed by atoms with van der Waals surface area (Å²) in [5.74, 6) is 0.955. The van der Waals surface area contributed by atoms with Crippen LogP contribution in [0, 0.1) is 5.41 Å². The Labute approximate surface area is 129 Å². The lowest BCUT2D eigenvalue weighted by molar-refractivity contribution is 0.137.